The van der Waals surface area contributed by atoms with Gasteiger partial charge in [0, 0.05) is 0 Å². The van der Waals surface area contributed by atoms with E-state index in [2.05, 4.69) is 0 Å². The fourth-order valence-electron chi connectivity index (χ4n) is 2.31. The van der Waals surface area contributed by atoms with E-state index in [0.717, 1.165) is 4.90 Å². The highest BCUT2D eigenvalue weighted by Crippen LogP contribution is 2.33. The summed E-state index contributed by atoms with van der Waals surface area (Å²) in [5.74, 6) is -0.945. The Labute approximate surface area is 149 Å². The number of rotatable bonds is 3. The zero-order valence-electron chi connectivity index (χ0n) is 14.7. The molecule has 0 N–H and O–H groups in total. The maximum atomic E-state index is 13.0. The third kappa shape index (κ3) is 5.24. The van der Waals surface area contributed by atoms with Crippen molar-refractivity contribution in [2.45, 2.75) is 45.2 Å². The van der Waals surface area contributed by atoms with Crippen molar-refractivity contribution in [3.8, 4) is 0 Å². The maximum Gasteiger partial charge on any atom is 0.414 e. The standard InChI is InChI=1S/C18H20F3NO4/c1-17(2,3)26-16(24)22-10-13(18(19,20)21)9-14(22)15(23)25-11-12-7-5-4-6-8-12/h4-9,14H,10-11H2,1-3H3/t14-/m1/s1. The molecule has 142 valence electrons. The summed E-state index contributed by atoms with van der Waals surface area (Å²) in [5, 5.41) is 0. The van der Waals surface area contributed by atoms with Crippen LogP contribution in [0.15, 0.2) is 42.0 Å². The highest BCUT2D eigenvalue weighted by Gasteiger charge is 2.45. The summed E-state index contributed by atoms with van der Waals surface area (Å²) in [5.41, 5.74) is -1.20. The molecule has 26 heavy (non-hydrogen) atoms. The Balaban J connectivity index is 2.14. The number of hydrogen-bond donors (Lipinski definition) is 0. The Morgan fingerprint density at radius 2 is 1.77 bits per heavy atom. The van der Waals surface area contributed by atoms with Crippen LogP contribution in [0.1, 0.15) is 26.3 Å². The van der Waals surface area contributed by atoms with Gasteiger partial charge < -0.3 is 9.47 Å². The minimum atomic E-state index is -4.64. The summed E-state index contributed by atoms with van der Waals surface area (Å²) in [4.78, 5) is 25.2. The maximum absolute atomic E-state index is 13.0. The molecule has 1 aromatic rings. The lowest BCUT2D eigenvalue weighted by molar-refractivity contribution is -0.148. The van der Waals surface area contributed by atoms with Crippen molar-refractivity contribution in [1.29, 1.82) is 0 Å². The van der Waals surface area contributed by atoms with Gasteiger partial charge in [0.05, 0.1) is 12.1 Å². The van der Waals surface area contributed by atoms with Crippen LogP contribution in [-0.2, 0) is 20.9 Å². The second kappa shape index (κ2) is 7.39. The van der Waals surface area contributed by atoms with Crippen molar-refractivity contribution >= 4 is 12.1 Å². The number of alkyl halides is 3. The van der Waals surface area contributed by atoms with Gasteiger partial charge in [0.2, 0.25) is 0 Å². The van der Waals surface area contributed by atoms with E-state index in [1.54, 1.807) is 51.1 Å². The number of carbonyl (C=O) groups is 2. The summed E-state index contributed by atoms with van der Waals surface area (Å²) >= 11 is 0. The van der Waals surface area contributed by atoms with Crippen LogP contribution in [0.5, 0.6) is 0 Å². The predicted molar refractivity (Wildman–Crippen MR) is 87.1 cm³/mol. The molecule has 5 nitrogen and oxygen atoms in total. The van der Waals surface area contributed by atoms with Crippen LogP contribution < -0.4 is 0 Å². The molecule has 0 saturated heterocycles. The largest absolute Gasteiger partial charge is 0.459 e. The molecule has 1 aromatic carbocycles. The number of nitrogens with zero attached hydrogens (tertiary/aromatic N) is 1. The summed E-state index contributed by atoms with van der Waals surface area (Å²) in [6.07, 6.45) is -4.94. The fourth-order valence-corrected chi connectivity index (χ4v) is 2.31. The monoisotopic (exact) mass is 371 g/mol. The molecular formula is C18H20F3NO4. The van der Waals surface area contributed by atoms with Crippen molar-refractivity contribution in [1.82, 2.24) is 4.90 Å². The van der Waals surface area contributed by atoms with E-state index in [1.807, 2.05) is 0 Å². The van der Waals surface area contributed by atoms with Gasteiger partial charge in [-0.25, -0.2) is 9.59 Å². The van der Waals surface area contributed by atoms with Crippen LogP contribution in [0.25, 0.3) is 0 Å². The topological polar surface area (TPSA) is 55.8 Å². The van der Waals surface area contributed by atoms with Gasteiger partial charge in [-0.15, -0.1) is 0 Å². The third-order valence-corrected chi connectivity index (χ3v) is 3.49. The van der Waals surface area contributed by atoms with Crippen LogP contribution >= 0.6 is 0 Å². The molecule has 0 radical (unpaired) electrons. The predicted octanol–water partition coefficient (Wildman–Crippen LogP) is 3.84. The molecule has 0 aromatic heterocycles. The van der Waals surface area contributed by atoms with Crippen molar-refractivity contribution in [3.05, 3.63) is 47.5 Å². The van der Waals surface area contributed by atoms with Gasteiger partial charge in [-0.05, 0) is 32.4 Å². The number of esters is 1. The van der Waals surface area contributed by atoms with Crippen molar-refractivity contribution in [3.63, 3.8) is 0 Å². The van der Waals surface area contributed by atoms with Gasteiger partial charge in [0.15, 0.2) is 6.04 Å². The van der Waals surface area contributed by atoms with Gasteiger partial charge in [-0.3, -0.25) is 4.90 Å². The Morgan fingerprint density at radius 1 is 1.15 bits per heavy atom. The molecule has 1 heterocycles. The Hall–Kier alpha value is -2.51. The average Bonchev–Trinajstić information content (AvgIpc) is 2.98. The lowest BCUT2D eigenvalue weighted by Gasteiger charge is -2.27. The van der Waals surface area contributed by atoms with E-state index < -0.39 is 42.0 Å². The first-order chi connectivity index (χ1) is 12.0. The van der Waals surface area contributed by atoms with Crippen LogP contribution in [0.3, 0.4) is 0 Å². The molecule has 1 amide bonds. The summed E-state index contributed by atoms with van der Waals surface area (Å²) in [7, 11) is 0. The minimum absolute atomic E-state index is 0.104. The zero-order chi connectivity index (χ0) is 19.5. The first-order valence-electron chi connectivity index (χ1n) is 7.95. The smallest absolute Gasteiger partial charge is 0.414 e. The van der Waals surface area contributed by atoms with Crippen LogP contribution in [0.4, 0.5) is 18.0 Å². The Kier molecular flexibility index (Phi) is 5.63. The normalized spacial score (nSPS) is 17.7. The quantitative estimate of drug-likeness (QED) is 0.598. The summed E-state index contributed by atoms with van der Waals surface area (Å²) in [6, 6.07) is 7.21. The van der Waals surface area contributed by atoms with Gasteiger partial charge in [0.1, 0.15) is 12.2 Å². The molecule has 1 aliphatic rings. The van der Waals surface area contributed by atoms with E-state index in [9.17, 15) is 22.8 Å². The summed E-state index contributed by atoms with van der Waals surface area (Å²) in [6.45, 7) is 3.89. The van der Waals surface area contributed by atoms with Gasteiger partial charge >= 0.3 is 18.2 Å². The van der Waals surface area contributed by atoms with Crippen LogP contribution in [0.2, 0.25) is 0 Å². The third-order valence-electron chi connectivity index (χ3n) is 3.49. The Morgan fingerprint density at radius 3 is 2.31 bits per heavy atom. The van der Waals surface area contributed by atoms with Crippen molar-refractivity contribution in [2.75, 3.05) is 6.54 Å². The first kappa shape index (κ1) is 19.8. The van der Waals surface area contributed by atoms with Crippen LogP contribution in [0, 0.1) is 0 Å². The number of hydrogen-bond acceptors (Lipinski definition) is 4. The molecule has 2 rings (SSSR count). The average molecular weight is 371 g/mol. The SMILES string of the molecule is CC(C)(C)OC(=O)N1CC(C(F)(F)F)=C[C@@H]1C(=O)OCc1ccccc1. The van der Waals surface area contributed by atoms with Gasteiger partial charge in [-0.2, -0.15) is 13.2 Å². The lowest BCUT2D eigenvalue weighted by atomic mass is 10.2. The van der Waals surface area contributed by atoms with Gasteiger partial charge in [0.25, 0.3) is 0 Å². The number of ether oxygens (including phenoxy) is 2. The minimum Gasteiger partial charge on any atom is -0.459 e. The second-order valence-corrected chi connectivity index (χ2v) is 6.84. The molecule has 0 fully saturated rings. The summed E-state index contributed by atoms with van der Waals surface area (Å²) < 4.78 is 49.3. The van der Waals surface area contributed by atoms with E-state index >= 15 is 0 Å². The molecule has 0 bridgehead atoms. The molecule has 0 unspecified atom stereocenters. The first-order valence-corrected chi connectivity index (χ1v) is 7.95. The fraction of sp³-hybridized carbons (Fsp3) is 0.444. The number of carbonyl (C=O) groups excluding carboxylic acids is 2. The molecule has 0 spiro atoms. The van der Waals surface area contributed by atoms with E-state index in [4.69, 9.17) is 9.47 Å². The van der Waals surface area contributed by atoms with Gasteiger partial charge in [-0.1, -0.05) is 30.3 Å². The highest BCUT2D eigenvalue weighted by atomic mass is 19.4. The van der Waals surface area contributed by atoms with Crippen molar-refractivity contribution in [2.24, 2.45) is 0 Å². The molecular weight excluding hydrogens is 351 g/mol. The van der Waals surface area contributed by atoms with Crippen LogP contribution in [-0.4, -0.2) is 41.3 Å². The second-order valence-electron chi connectivity index (χ2n) is 6.84. The molecule has 0 aliphatic carbocycles. The number of amides is 1. The Bertz CT molecular complexity index is 693. The van der Waals surface area contributed by atoms with Crippen molar-refractivity contribution < 1.29 is 32.2 Å². The molecule has 0 saturated carbocycles. The molecule has 8 heteroatoms. The van der Waals surface area contributed by atoms with E-state index in [1.165, 1.54) is 0 Å². The lowest BCUT2D eigenvalue weighted by Crippen LogP contribution is -2.44. The molecule has 1 aliphatic heterocycles. The number of benzene rings is 1. The highest BCUT2D eigenvalue weighted by molar-refractivity contribution is 5.85. The van der Waals surface area contributed by atoms with E-state index in [-0.39, 0.29) is 6.61 Å². The number of halogens is 3. The van der Waals surface area contributed by atoms with E-state index in [0.29, 0.717) is 11.6 Å². The molecule has 1 atom stereocenters. The zero-order valence-corrected chi connectivity index (χ0v) is 14.7.